The Hall–Kier alpha value is -3.22. The molecule has 0 aliphatic rings. The Morgan fingerprint density at radius 3 is 2.67 bits per heavy atom. The number of nitrogens with one attached hydrogen (secondary N) is 2. The van der Waals surface area contributed by atoms with E-state index in [9.17, 15) is 14.9 Å². The van der Waals surface area contributed by atoms with Crippen molar-refractivity contribution in [2.24, 2.45) is 0 Å². The summed E-state index contributed by atoms with van der Waals surface area (Å²) in [7, 11) is 0. The fraction of sp³-hybridized carbons (Fsp3) is 0. The van der Waals surface area contributed by atoms with Crippen molar-refractivity contribution in [2.75, 3.05) is 5.32 Å². The Bertz CT molecular complexity index is 827. The monoisotopic (exact) mass is 282 g/mol. The first-order valence-electron chi connectivity index (χ1n) is 6.14. The van der Waals surface area contributed by atoms with Crippen molar-refractivity contribution >= 4 is 28.3 Å². The van der Waals surface area contributed by atoms with Gasteiger partial charge in [-0.15, -0.1) is 0 Å². The molecule has 0 atom stereocenters. The number of aromatic amines is 1. The van der Waals surface area contributed by atoms with Crippen molar-refractivity contribution in [3.05, 3.63) is 64.2 Å². The Kier molecular flexibility index (Phi) is 3.07. The molecule has 0 spiro atoms. The molecule has 104 valence electrons. The fourth-order valence-electron chi connectivity index (χ4n) is 1.98. The first-order chi connectivity index (χ1) is 10.1. The van der Waals surface area contributed by atoms with E-state index in [1.807, 2.05) is 6.07 Å². The van der Waals surface area contributed by atoms with Crippen molar-refractivity contribution in [3.8, 4) is 0 Å². The highest BCUT2D eigenvalue weighted by molar-refractivity contribution is 6.08. The van der Waals surface area contributed by atoms with E-state index in [1.165, 1.54) is 12.1 Å². The number of nitrogens with zero attached hydrogens (tertiary/aromatic N) is 2. The maximum Gasteiger partial charge on any atom is 0.270 e. The Labute approximate surface area is 118 Å². The lowest BCUT2D eigenvalue weighted by Crippen LogP contribution is -2.12. The second-order valence-corrected chi connectivity index (χ2v) is 4.38. The van der Waals surface area contributed by atoms with Gasteiger partial charge in [-0.25, -0.2) is 0 Å². The van der Waals surface area contributed by atoms with Crippen LogP contribution in [-0.2, 0) is 0 Å². The lowest BCUT2D eigenvalue weighted by molar-refractivity contribution is -0.384. The van der Waals surface area contributed by atoms with Gasteiger partial charge in [-0.05, 0) is 18.2 Å². The molecule has 1 heterocycles. The van der Waals surface area contributed by atoms with E-state index in [1.54, 1.807) is 30.3 Å². The third-order valence-corrected chi connectivity index (χ3v) is 3.03. The summed E-state index contributed by atoms with van der Waals surface area (Å²) >= 11 is 0. The van der Waals surface area contributed by atoms with Crippen LogP contribution in [0.3, 0.4) is 0 Å². The summed E-state index contributed by atoms with van der Waals surface area (Å²) in [4.78, 5) is 22.4. The minimum absolute atomic E-state index is 0.0564. The smallest absolute Gasteiger partial charge is 0.270 e. The SMILES string of the molecule is O=C(Nc1n[nH]c2ccc([N+](=O)[O-])cc12)c1ccccc1. The molecule has 21 heavy (non-hydrogen) atoms. The first kappa shape index (κ1) is 12.8. The van der Waals surface area contributed by atoms with Gasteiger partial charge in [0, 0.05) is 17.7 Å². The van der Waals surface area contributed by atoms with Gasteiger partial charge in [0.15, 0.2) is 5.82 Å². The van der Waals surface area contributed by atoms with Crippen LogP contribution < -0.4 is 5.32 Å². The highest BCUT2D eigenvalue weighted by atomic mass is 16.6. The molecule has 7 nitrogen and oxygen atoms in total. The van der Waals surface area contributed by atoms with Crippen LogP contribution in [0.1, 0.15) is 10.4 Å². The van der Waals surface area contributed by atoms with Crippen LogP contribution in [0, 0.1) is 10.1 Å². The molecule has 2 aromatic carbocycles. The molecule has 2 N–H and O–H groups in total. The van der Waals surface area contributed by atoms with Gasteiger partial charge in [0.1, 0.15) is 0 Å². The molecule has 3 aromatic rings. The molecule has 0 aliphatic carbocycles. The van der Waals surface area contributed by atoms with Crippen LogP contribution in [0.5, 0.6) is 0 Å². The molecular weight excluding hydrogens is 272 g/mol. The molecule has 0 unspecified atom stereocenters. The van der Waals surface area contributed by atoms with Crippen LogP contribution in [0.4, 0.5) is 11.5 Å². The van der Waals surface area contributed by atoms with E-state index in [-0.39, 0.29) is 17.4 Å². The summed E-state index contributed by atoms with van der Waals surface area (Å²) in [5.74, 6) is -0.0574. The number of H-pyrrole nitrogens is 1. The van der Waals surface area contributed by atoms with Gasteiger partial charge < -0.3 is 5.32 Å². The zero-order valence-corrected chi connectivity index (χ0v) is 10.7. The van der Waals surface area contributed by atoms with Crippen LogP contribution in [0.25, 0.3) is 10.9 Å². The number of carbonyl (C=O) groups excluding carboxylic acids is 1. The summed E-state index contributed by atoms with van der Waals surface area (Å²) in [6, 6.07) is 13.0. The predicted octanol–water partition coefficient (Wildman–Crippen LogP) is 2.72. The van der Waals surface area contributed by atoms with E-state index in [2.05, 4.69) is 15.5 Å². The summed E-state index contributed by atoms with van der Waals surface area (Å²) in [6.07, 6.45) is 0. The summed E-state index contributed by atoms with van der Waals surface area (Å²) in [6.45, 7) is 0. The lowest BCUT2D eigenvalue weighted by Gasteiger charge is -2.02. The van der Waals surface area contributed by atoms with Crippen LogP contribution in [-0.4, -0.2) is 21.0 Å². The van der Waals surface area contributed by atoms with Gasteiger partial charge in [-0.3, -0.25) is 20.0 Å². The molecule has 0 saturated heterocycles. The molecule has 1 aromatic heterocycles. The molecule has 0 radical (unpaired) electrons. The van der Waals surface area contributed by atoms with Crippen LogP contribution >= 0.6 is 0 Å². The third-order valence-electron chi connectivity index (χ3n) is 3.03. The third kappa shape index (κ3) is 2.44. The van der Waals surface area contributed by atoms with Gasteiger partial charge in [-0.2, -0.15) is 5.10 Å². The topological polar surface area (TPSA) is 101 Å². The summed E-state index contributed by atoms with van der Waals surface area (Å²) in [5.41, 5.74) is 1.04. The van der Waals surface area contributed by atoms with E-state index < -0.39 is 4.92 Å². The zero-order chi connectivity index (χ0) is 14.8. The van der Waals surface area contributed by atoms with Gasteiger partial charge >= 0.3 is 0 Å². The molecular formula is C14H10N4O3. The lowest BCUT2D eigenvalue weighted by atomic mass is 10.2. The summed E-state index contributed by atoms with van der Waals surface area (Å²) in [5, 5.41) is 20.7. The normalized spacial score (nSPS) is 10.5. The maximum atomic E-state index is 12.1. The average molecular weight is 282 g/mol. The molecule has 0 fully saturated rings. The Morgan fingerprint density at radius 2 is 1.95 bits per heavy atom. The number of nitro benzene ring substituents is 1. The molecule has 0 bridgehead atoms. The van der Waals surface area contributed by atoms with Crippen molar-refractivity contribution in [1.82, 2.24) is 10.2 Å². The first-order valence-corrected chi connectivity index (χ1v) is 6.14. The molecule has 1 amide bonds. The molecule has 3 rings (SSSR count). The number of rotatable bonds is 3. The summed E-state index contributed by atoms with van der Waals surface area (Å²) < 4.78 is 0. The standard InChI is InChI=1S/C14H10N4O3/c19-14(9-4-2-1-3-5-9)15-13-11-8-10(18(20)21)6-7-12(11)16-17-13/h1-8H,(H2,15,16,17,19). The van der Waals surface area contributed by atoms with E-state index in [0.29, 0.717) is 16.5 Å². The van der Waals surface area contributed by atoms with Gasteiger partial charge in [0.25, 0.3) is 11.6 Å². The molecule has 7 heteroatoms. The number of benzene rings is 2. The highest BCUT2D eigenvalue weighted by Crippen LogP contribution is 2.25. The van der Waals surface area contributed by atoms with Crippen LogP contribution in [0.15, 0.2) is 48.5 Å². The maximum absolute atomic E-state index is 12.1. The van der Waals surface area contributed by atoms with E-state index in [0.717, 1.165) is 0 Å². The van der Waals surface area contributed by atoms with Crippen molar-refractivity contribution in [3.63, 3.8) is 0 Å². The number of aromatic nitrogens is 2. The quantitative estimate of drug-likeness (QED) is 0.569. The minimum Gasteiger partial charge on any atom is -0.305 e. The van der Waals surface area contributed by atoms with Gasteiger partial charge in [-0.1, -0.05) is 18.2 Å². The number of carbonyl (C=O) groups is 1. The van der Waals surface area contributed by atoms with Crippen molar-refractivity contribution < 1.29 is 9.72 Å². The van der Waals surface area contributed by atoms with E-state index >= 15 is 0 Å². The largest absolute Gasteiger partial charge is 0.305 e. The number of amides is 1. The minimum atomic E-state index is -0.491. The fourth-order valence-corrected chi connectivity index (χ4v) is 1.98. The average Bonchev–Trinajstić information content (AvgIpc) is 2.90. The van der Waals surface area contributed by atoms with Crippen molar-refractivity contribution in [2.45, 2.75) is 0 Å². The predicted molar refractivity (Wildman–Crippen MR) is 77.1 cm³/mol. The number of hydrogen-bond donors (Lipinski definition) is 2. The van der Waals surface area contributed by atoms with E-state index in [4.69, 9.17) is 0 Å². The van der Waals surface area contributed by atoms with Gasteiger partial charge in [0.05, 0.1) is 15.8 Å². The van der Waals surface area contributed by atoms with Crippen LogP contribution in [0.2, 0.25) is 0 Å². The Balaban J connectivity index is 1.95. The number of hydrogen-bond acceptors (Lipinski definition) is 4. The second-order valence-electron chi connectivity index (χ2n) is 4.38. The number of fused-ring (bicyclic) bond motifs is 1. The zero-order valence-electron chi connectivity index (χ0n) is 10.7. The number of non-ortho nitro benzene ring substituents is 1. The molecule has 0 saturated carbocycles. The number of nitro groups is 1. The van der Waals surface area contributed by atoms with Crippen molar-refractivity contribution in [1.29, 1.82) is 0 Å². The molecule has 0 aliphatic heterocycles. The number of anilines is 1. The second kappa shape index (κ2) is 5.04. The highest BCUT2D eigenvalue weighted by Gasteiger charge is 2.14. The van der Waals surface area contributed by atoms with Gasteiger partial charge in [0.2, 0.25) is 0 Å². The Morgan fingerprint density at radius 1 is 1.19 bits per heavy atom.